The van der Waals surface area contributed by atoms with E-state index < -0.39 is 124 Å². The van der Waals surface area contributed by atoms with Crippen LogP contribution in [0, 0.1) is 0 Å². The summed E-state index contributed by atoms with van der Waals surface area (Å²) in [6, 6.07) is 28.3. The van der Waals surface area contributed by atoms with Crippen molar-refractivity contribution in [2.75, 3.05) is 4.90 Å². The summed E-state index contributed by atoms with van der Waals surface area (Å²) >= 11 is 0. The Labute approximate surface area is 330 Å². The molecule has 0 amide bonds. The number of rotatable bonds is 6. The highest BCUT2D eigenvalue weighted by Gasteiger charge is 2.18. The molecule has 0 bridgehead atoms. The predicted molar refractivity (Wildman–Crippen MR) is 227 cm³/mol. The van der Waals surface area contributed by atoms with Gasteiger partial charge in [0.25, 0.3) is 0 Å². The van der Waals surface area contributed by atoms with Gasteiger partial charge in [-0.15, -0.1) is 0 Å². The molecule has 0 spiro atoms. The van der Waals surface area contributed by atoms with E-state index >= 15 is 0 Å². The van der Waals surface area contributed by atoms with Crippen LogP contribution in [0.4, 0.5) is 17.1 Å². The second kappa shape index (κ2) is 13.0. The van der Waals surface area contributed by atoms with Crippen LogP contribution in [0.15, 0.2) is 212 Å². The summed E-state index contributed by atoms with van der Waals surface area (Å²) in [4.78, 5) is 1.67. The van der Waals surface area contributed by atoms with E-state index in [-0.39, 0.29) is 5.69 Å². The second-order valence-electron chi connectivity index (χ2n) is 12.5. The van der Waals surface area contributed by atoms with Crippen LogP contribution >= 0.6 is 0 Å². The van der Waals surface area contributed by atoms with Gasteiger partial charge in [-0.2, -0.15) is 0 Å². The topological polar surface area (TPSA) is 3.24 Å². The number of fused-ring (bicyclic) bond motifs is 5. The van der Waals surface area contributed by atoms with Crippen molar-refractivity contribution in [1.29, 1.82) is 0 Å². The van der Waals surface area contributed by atoms with Gasteiger partial charge < -0.3 is 4.90 Å². The fraction of sp³-hybridized carbons (Fsp3) is 0. The van der Waals surface area contributed by atoms with Crippen LogP contribution in [0.25, 0.3) is 76.5 Å². The van der Waals surface area contributed by atoms with E-state index in [9.17, 15) is 9.60 Å². The lowest BCUT2D eigenvalue weighted by Crippen LogP contribution is -2.10. The molecule has 0 heterocycles. The maximum absolute atomic E-state index is 9.72. The molecule has 1 heteroatoms. The Balaban J connectivity index is 1.24. The SMILES string of the molecule is [2H]c1c([2H])c([2H])c(-c2c([2H])c([2H])c([2H])c3c([2H])c(-c4c([2H])c([2H])c(N(c5ccc(-c6cccc7ccccc67)cc5)c5cc6ccccc6c6ccccc56)c([2H])c4[2H])c([2H])c([2H])c23)c([2H])c1[2H]. The summed E-state index contributed by atoms with van der Waals surface area (Å²) in [5, 5.41) is 4.57. The fourth-order valence-corrected chi connectivity index (χ4v) is 7.01. The van der Waals surface area contributed by atoms with Crippen molar-refractivity contribution in [3.8, 4) is 33.4 Å². The molecule has 0 unspecified atom stereocenters. The van der Waals surface area contributed by atoms with Crippen molar-refractivity contribution in [3.05, 3.63) is 212 Å². The third-order valence-corrected chi connectivity index (χ3v) is 9.49. The van der Waals surface area contributed by atoms with Gasteiger partial charge in [0, 0.05) is 16.8 Å². The molecule has 0 radical (unpaired) electrons. The minimum Gasteiger partial charge on any atom is -0.310 e. The third kappa shape index (κ3) is 5.51. The first kappa shape index (κ1) is 19.0. The van der Waals surface area contributed by atoms with Crippen LogP contribution in [-0.4, -0.2) is 0 Å². The minimum atomic E-state index is -0.796. The predicted octanol–water partition coefficient (Wildman–Crippen LogP) is 14.8. The molecule has 0 aromatic heterocycles. The van der Waals surface area contributed by atoms with E-state index in [0.717, 1.165) is 43.4 Å². The van der Waals surface area contributed by atoms with Crippen LogP contribution in [0.3, 0.4) is 0 Å². The molecule has 0 N–H and O–H groups in total. The van der Waals surface area contributed by atoms with Crippen molar-refractivity contribution in [1.82, 2.24) is 0 Å². The number of anilines is 3. The lowest BCUT2D eigenvalue weighted by molar-refractivity contribution is 1.30. The maximum Gasteiger partial charge on any atom is 0.0645 e. The van der Waals surface area contributed by atoms with Crippen molar-refractivity contribution < 1.29 is 20.6 Å². The number of nitrogens with zero attached hydrogens (tertiary/aromatic N) is 1. The highest BCUT2D eigenvalue weighted by molar-refractivity contribution is 6.14. The molecule has 0 fully saturated rings. The lowest BCUT2D eigenvalue weighted by Gasteiger charge is -2.28. The van der Waals surface area contributed by atoms with Gasteiger partial charge in [0.05, 0.1) is 26.2 Å². The minimum absolute atomic E-state index is 0.149. The van der Waals surface area contributed by atoms with Gasteiger partial charge in [0.2, 0.25) is 0 Å². The number of benzene rings is 10. The quantitative estimate of drug-likeness (QED) is 0.157. The van der Waals surface area contributed by atoms with Gasteiger partial charge >= 0.3 is 0 Å². The van der Waals surface area contributed by atoms with Gasteiger partial charge in [0.15, 0.2) is 0 Å². The van der Waals surface area contributed by atoms with Gasteiger partial charge in [-0.1, -0.05) is 176 Å². The summed E-state index contributed by atoms with van der Waals surface area (Å²) in [5.41, 5.74) is 0.632. The smallest absolute Gasteiger partial charge is 0.0645 e. The highest BCUT2D eigenvalue weighted by atomic mass is 15.1. The van der Waals surface area contributed by atoms with E-state index in [2.05, 4.69) is 0 Å². The summed E-state index contributed by atoms with van der Waals surface area (Å²) in [7, 11) is 0. The first-order chi connectivity index (χ1) is 32.5. The normalized spacial score (nSPS) is 15.4. The van der Waals surface area contributed by atoms with E-state index in [1.807, 2.05) is 121 Å². The summed E-state index contributed by atoms with van der Waals surface area (Å²) < 4.78 is 135. The molecule has 0 aliphatic heterocycles. The van der Waals surface area contributed by atoms with Crippen LogP contribution in [0.1, 0.15) is 20.6 Å². The molecule has 0 atom stereocenters. The Morgan fingerprint density at radius 3 is 1.83 bits per heavy atom. The van der Waals surface area contributed by atoms with Crippen LogP contribution in [-0.2, 0) is 0 Å². The molecule has 0 aliphatic rings. The number of hydrogen-bond donors (Lipinski definition) is 0. The van der Waals surface area contributed by atoms with Gasteiger partial charge in [0.1, 0.15) is 0 Å². The Morgan fingerprint density at radius 1 is 0.340 bits per heavy atom. The third-order valence-electron chi connectivity index (χ3n) is 9.49. The highest BCUT2D eigenvalue weighted by Crippen LogP contribution is 2.43. The zero-order valence-electron chi connectivity index (χ0n) is 43.0. The fourth-order valence-electron chi connectivity index (χ4n) is 7.01. The van der Waals surface area contributed by atoms with Crippen molar-refractivity contribution in [2.45, 2.75) is 0 Å². The molecule has 1 nitrogen and oxygen atoms in total. The molecular weight excluding hydrogens is 639 g/mol. The summed E-state index contributed by atoms with van der Waals surface area (Å²) in [5.74, 6) is 0. The molecule has 10 aromatic carbocycles. The standard InChI is InChI=1S/C52H35N/c1-2-12-37(13-3-1)46-23-11-17-41-34-40(28-33-49(41)46)36-24-29-43(30-25-36)53(52-35-42-15-5-7-19-48(42)50-20-8-9-21-51(50)52)44-31-26-39(27-32-44)47-22-10-16-38-14-4-6-18-45(38)47/h1-35H/i1D,2D,3D,11D,12D,13D,17D,23D,24D,25D,28D,29D,30D,33D,34D. The molecule has 0 saturated heterocycles. The number of hydrogen-bond acceptors (Lipinski definition) is 1. The van der Waals surface area contributed by atoms with Crippen molar-refractivity contribution in [2.24, 2.45) is 0 Å². The van der Waals surface area contributed by atoms with E-state index in [0.29, 0.717) is 11.4 Å². The molecule has 53 heavy (non-hydrogen) atoms. The molecular formula is C52H35N. The first-order valence-corrected chi connectivity index (χ1v) is 17.0. The maximum atomic E-state index is 9.72. The van der Waals surface area contributed by atoms with E-state index in [1.165, 1.54) is 0 Å². The first-order valence-electron chi connectivity index (χ1n) is 24.5. The van der Waals surface area contributed by atoms with Gasteiger partial charge in [-0.3, -0.25) is 0 Å². The monoisotopic (exact) mass is 688 g/mol. The van der Waals surface area contributed by atoms with Gasteiger partial charge in [-0.25, -0.2) is 0 Å². The van der Waals surface area contributed by atoms with Crippen LogP contribution in [0.2, 0.25) is 0 Å². The van der Waals surface area contributed by atoms with E-state index in [4.69, 9.17) is 11.0 Å². The van der Waals surface area contributed by atoms with Crippen molar-refractivity contribution >= 4 is 60.2 Å². The molecule has 0 aliphatic carbocycles. The summed E-state index contributed by atoms with van der Waals surface area (Å²) in [6.45, 7) is 0. The lowest BCUT2D eigenvalue weighted by atomic mass is 9.95. The zero-order valence-corrected chi connectivity index (χ0v) is 28.0. The Morgan fingerprint density at radius 2 is 1.02 bits per heavy atom. The molecule has 248 valence electrons. The van der Waals surface area contributed by atoms with Crippen LogP contribution < -0.4 is 4.90 Å². The van der Waals surface area contributed by atoms with E-state index in [1.54, 1.807) is 4.90 Å². The van der Waals surface area contributed by atoms with Crippen LogP contribution in [0.5, 0.6) is 0 Å². The van der Waals surface area contributed by atoms with Gasteiger partial charge in [-0.05, 0) is 107 Å². The molecule has 10 aromatic rings. The molecule has 10 rings (SSSR count). The Bertz CT molecular complexity index is 3750. The average molecular weight is 689 g/mol. The average Bonchev–Trinajstić information content (AvgIpc) is 3.35. The summed E-state index contributed by atoms with van der Waals surface area (Å²) in [6.07, 6.45) is 0. The second-order valence-corrected chi connectivity index (χ2v) is 12.5. The van der Waals surface area contributed by atoms with Crippen molar-refractivity contribution in [3.63, 3.8) is 0 Å². The molecule has 0 saturated carbocycles. The Kier molecular flexibility index (Phi) is 4.66. The largest absolute Gasteiger partial charge is 0.310 e. The zero-order chi connectivity index (χ0) is 48.2. The Hall–Kier alpha value is -6.96.